The molecule has 1 atom stereocenters. The number of nitrogens with one attached hydrogen (secondary N) is 1. The molecule has 3 nitrogen and oxygen atoms in total. The molecule has 110 valence electrons. The monoisotopic (exact) mass is 277 g/mol. The van der Waals surface area contributed by atoms with E-state index < -0.39 is 0 Å². The van der Waals surface area contributed by atoms with Gasteiger partial charge in [0, 0.05) is 24.8 Å². The van der Waals surface area contributed by atoms with Crippen molar-refractivity contribution < 1.29 is 4.39 Å². The lowest BCUT2D eigenvalue weighted by Crippen LogP contribution is -2.27. The van der Waals surface area contributed by atoms with E-state index in [9.17, 15) is 4.39 Å². The Morgan fingerprint density at radius 1 is 1.40 bits per heavy atom. The molecule has 0 aromatic heterocycles. The van der Waals surface area contributed by atoms with Gasteiger partial charge in [-0.1, -0.05) is 6.92 Å². The summed E-state index contributed by atoms with van der Waals surface area (Å²) >= 11 is 0. The van der Waals surface area contributed by atoms with Crippen LogP contribution >= 0.6 is 0 Å². The van der Waals surface area contributed by atoms with E-state index in [0.717, 1.165) is 24.3 Å². The van der Waals surface area contributed by atoms with Crippen LogP contribution in [0.15, 0.2) is 12.1 Å². The Morgan fingerprint density at radius 3 is 2.65 bits per heavy atom. The lowest BCUT2D eigenvalue weighted by Gasteiger charge is -2.28. The highest BCUT2D eigenvalue weighted by molar-refractivity contribution is 5.57. The number of benzene rings is 1. The second kappa shape index (κ2) is 7.86. The molecule has 0 heterocycles. The van der Waals surface area contributed by atoms with Crippen LogP contribution in [0.3, 0.4) is 0 Å². The molecule has 0 saturated carbocycles. The molecular weight excluding hydrogens is 253 g/mol. The van der Waals surface area contributed by atoms with Crippen LogP contribution in [0.1, 0.15) is 44.4 Å². The summed E-state index contributed by atoms with van der Waals surface area (Å²) in [5.74, 6) is -0.176. The summed E-state index contributed by atoms with van der Waals surface area (Å²) in [7, 11) is 0. The number of halogens is 1. The first-order valence-electron chi connectivity index (χ1n) is 7.20. The van der Waals surface area contributed by atoms with E-state index >= 15 is 0 Å². The maximum Gasteiger partial charge on any atom is 0.126 e. The fourth-order valence-corrected chi connectivity index (χ4v) is 2.35. The van der Waals surface area contributed by atoms with E-state index in [1.165, 1.54) is 0 Å². The van der Waals surface area contributed by atoms with E-state index in [0.29, 0.717) is 18.5 Å². The molecule has 1 N–H and O–H groups in total. The number of hydrogen-bond donors (Lipinski definition) is 1. The molecule has 1 rings (SSSR count). The van der Waals surface area contributed by atoms with E-state index in [4.69, 9.17) is 5.26 Å². The normalized spacial score (nSPS) is 12.0. The molecule has 1 unspecified atom stereocenters. The van der Waals surface area contributed by atoms with Crippen molar-refractivity contribution in [3.8, 4) is 6.07 Å². The first-order chi connectivity index (χ1) is 9.54. The molecule has 0 aliphatic heterocycles. The second-order valence-corrected chi connectivity index (χ2v) is 4.93. The molecule has 0 bridgehead atoms. The number of hydrogen-bond acceptors (Lipinski definition) is 3. The van der Waals surface area contributed by atoms with Crippen molar-refractivity contribution in [2.45, 2.75) is 40.2 Å². The average Bonchev–Trinajstić information content (AvgIpc) is 2.43. The van der Waals surface area contributed by atoms with Crippen LogP contribution in [0, 0.1) is 24.1 Å². The van der Waals surface area contributed by atoms with Gasteiger partial charge in [-0.2, -0.15) is 5.26 Å². The van der Waals surface area contributed by atoms with Crippen LogP contribution < -0.4 is 10.2 Å². The molecule has 1 aromatic rings. The number of nitriles is 1. The first kappa shape index (κ1) is 16.5. The Hall–Kier alpha value is -1.60. The van der Waals surface area contributed by atoms with Gasteiger partial charge in [-0.15, -0.1) is 0 Å². The fraction of sp³-hybridized carbons (Fsp3) is 0.562. The largest absolute Gasteiger partial charge is 0.370 e. The van der Waals surface area contributed by atoms with Gasteiger partial charge >= 0.3 is 0 Å². The van der Waals surface area contributed by atoms with E-state index in [1.54, 1.807) is 13.0 Å². The summed E-state index contributed by atoms with van der Waals surface area (Å²) in [4.78, 5) is 2.14. The number of aryl methyl sites for hydroxylation is 1. The summed E-state index contributed by atoms with van der Waals surface area (Å²) in [6, 6.07) is 5.76. The van der Waals surface area contributed by atoms with Gasteiger partial charge in [-0.3, -0.25) is 0 Å². The molecule has 1 aromatic carbocycles. The highest BCUT2D eigenvalue weighted by Gasteiger charge is 2.17. The minimum atomic E-state index is -0.176. The summed E-state index contributed by atoms with van der Waals surface area (Å²) in [6.45, 7) is 10.2. The van der Waals surface area contributed by atoms with Gasteiger partial charge in [0.1, 0.15) is 5.82 Å². The van der Waals surface area contributed by atoms with Crippen LogP contribution in [0.5, 0.6) is 0 Å². The van der Waals surface area contributed by atoms with Crippen molar-refractivity contribution in [1.29, 1.82) is 5.26 Å². The van der Waals surface area contributed by atoms with Crippen LogP contribution in [0.4, 0.5) is 10.1 Å². The zero-order chi connectivity index (χ0) is 15.1. The predicted octanol–water partition coefficient (Wildman–Crippen LogP) is 3.54. The quantitative estimate of drug-likeness (QED) is 0.828. The summed E-state index contributed by atoms with van der Waals surface area (Å²) in [5, 5.41) is 12.1. The summed E-state index contributed by atoms with van der Waals surface area (Å²) in [5.41, 5.74) is 2.62. The van der Waals surface area contributed by atoms with Gasteiger partial charge in [-0.05, 0) is 50.6 Å². The molecule has 4 heteroatoms. The van der Waals surface area contributed by atoms with E-state index in [2.05, 4.69) is 23.2 Å². The predicted molar refractivity (Wildman–Crippen MR) is 81.3 cm³/mol. The molecule has 0 amide bonds. The fourth-order valence-electron chi connectivity index (χ4n) is 2.35. The van der Waals surface area contributed by atoms with Crippen molar-refractivity contribution >= 4 is 5.69 Å². The van der Waals surface area contributed by atoms with Gasteiger partial charge in [0.2, 0.25) is 0 Å². The Bertz CT molecular complexity index is 479. The van der Waals surface area contributed by atoms with Gasteiger partial charge in [0.25, 0.3) is 0 Å². The highest BCUT2D eigenvalue weighted by atomic mass is 19.1. The molecule has 0 spiro atoms. The SMILES string of the molecule is CCNC(C)c1cc(F)c(C)cc1N(CC)CCC#N. The number of rotatable bonds is 7. The van der Waals surface area contributed by atoms with Crippen molar-refractivity contribution in [2.75, 3.05) is 24.5 Å². The van der Waals surface area contributed by atoms with E-state index in [1.807, 2.05) is 19.9 Å². The Balaban J connectivity index is 3.20. The van der Waals surface area contributed by atoms with Crippen LogP contribution in [-0.2, 0) is 0 Å². The maximum atomic E-state index is 13.9. The molecule has 0 aliphatic rings. The first-order valence-corrected chi connectivity index (χ1v) is 7.20. The summed E-state index contributed by atoms with van der Waals surface area (Å²) < 4.78 is 13.9. The number of nitrogens with zero attached hydrogens (tertiary/aromatic N) is 2. The second-order valence-electron chi connectivity index (χ2n) is 4.93. The Kier molecular flexibility index (Phi) is 6.47. The Morgan fingerprint density at radius 2 is 2.10 bits per heavy atom. The third-order valence-corrected chi connectivity index (χ3v) is 3.50. The summed E-state index contributed by atoms with van der Waals surface area (Å²) in [6.07, 6.45) is 0.472. The topological polar surface area (TPSA) is 39.1 Å². The van der Waals surface area contributed by atoms with Crippen molar-refractivity contribution in [3.63, 3.8) is 0 Å². The minimum Gasteiger partial charge on any atom is -0.370 e. The third kappa shape index (κ3) is 3.94. The van der Waals surface area contributed by atoms with Gasteiger partial charge in [0.15, 0.2) is 0 Å². The Labute approximate surface area is 121 Å². The van der Waals surface area contributed by atoms with Crippen molar-refractivity contribution in [1.82, 2.24) is 5.32 Å². The van der Waals surface area contributed by atoms with Crippen molar-refractivity contribution in [2.24, 2.45) is 0 Å². The molecule has 0 aliphatic carbocycles. The van der Waals surface area contributed by atoms with Crippen LogP contribution in [0.2, 0.25) is 0 Å². The molecule has 20 heavy (non-hydrogen) atoms. The highest BCUT2D eigenvalue weighted by Crippen LogP contribution is 2.29. The zero-order valence-electron chi connectivity index (χ0n) is 12.8. The van der Waals surface area contributed by atoms with Gasteiger partial charge < -0.3 is 10.2 Å². The van der Waals surface area contributed by atoms with Gasteiger partial charge in [0.05, 0.1) is 12.5 Å². The maximum absolute atomic E-state index is 13.9. The van der Waals surface area contributed by atoms with Gasteiger partial charge in [-0.25, -0.2) is 4.39 Å². The van der Waals surface area contributed by atoms with Crippen LogP contribution in [0.25, 0.3) is 0 Å². The smallest absolute Gasteiger partial charge is 0.126 e. The lowest BCUT2D eigenvalue weighted by atomic mass is 10.0. The van der Waals surface area contributed by atoms with E-state index in [-0.39, 0.29) is 11.9 Å². The molecule has 0 saturated heterocycles. The number of anilines is 1. The molecule has 0 fully saturated rings. The minimum absolute atomic E-state index is 0.0845. The molecular formula is C16H24FN3. The standard InChI is InChI=1S/C16H24FN3/c1-5-19-13(4)14-11-15(17)12(3)10-16(14)20(6-2)9-7-8-18/h10-11,13,19H,5-7,9H2,1-4H3. The average molecular weight is 277 g/mol. The molecule has 0 radical (unpaired) electrons. The van der Waals surface area contributed by atoms with Crippen molar-refractivity contribution in [3.05, 3.63) is 29.1 Å². The van der Waals surface area contributed by atoms with Crippen LogP contribution in [-0.4, -0.2) is 19.6 Å². The zero-order valence-corrected chi connectivity index (χ0v) is 12.8. The third-order valence-electron chi connectivity index (χ3n) is 3.50. The lowest BCUT2D eigenvalue weighted by molar-refractivity contribution is 0.577.